The molecule has 0 saturated carbocycles. The molecule has 4 rings (SSSR count). The summed E-state index contributed by atoms with van der Waals surface area (Å²) in [6.07, 6.45) is 4.15. The van der Waals surface area contributed by atoms with E-state index in [1.54, 1.807) is 7.11 Å². The van der Waals surface area contributed by atoms with E-state index in [-0.39, 0.29) is 11.8 Å². The standard InChI is InChI=1S/C25H37N5O3/c1-18-14-19(2)16-29(15-18)12-5-11-26-24(31)21-6-4-13-30(17-21)25-27-23(28-33-25)20-7-9-22(32-3)10-8-20/h7-10,18-19,21H,4-6,11-17H2,1-3H3,(H,26,31)/t18-,19+,21-/m0/s1. The molecule has 2 aliphatic heterocycles. The molecule has 2 saturated heterocycles. The zero-order valence-corrected chi connectivity index (χ0v) is 20.1. The third-order valence-electron chi connectivity index (χ3n) is 6.72. The average Bonchev–Trinajstić information content (AvgIpc) is 3.32. The van der Waals surface area contributed by atoms with Crippen molar-refractivity contribution in [1.29, 1.82) is 0 Å². The molecule has 1 aromatic heterocycles. The maximum Gasteiger partial charge on any atom is 0.324 e. The lowest BCUT2D eigenvalue weighted by Crippen LogP contribution is -2.44. The molecule has 1 N–H and O–H groups in total. The molecule has 33 heavy (non-hydrogen) atoms. The van der Waals surface area contributed by atoms with Gasteiger partial charge in [-0.3, -0.25) is 4.79 Å². The molecule has 2 aromatic rings. The topological polar surface area (TPSA) is 83.7 Å². The Labute approximate surface area is 196 Å². The van der Waals surface area contributed by atoms with E-state index < -0.39 is 0 Å². The number of anilines is 1. The van der Waals surface area contributed by atoms with E-state index in [4.69, 9.17) is 9.26 Å². The summed E-state index contributed by atoms with van der Waals surface area (Å²) >= 11 is 0. The smallest absolute Gasteiger partial charge is 0.324 e. The number of amides is 1. The van der Waals surface area contributed by atoms with Crippen molar-refractivity contribution in [1.82, 2.24) is 20.4 Å². The zero-order chi connectivity index (χ0) is 23.2. The molecular formula is C25H37N5O3. The first-order valence-corrected chi connectivity index (χ1v) is 12.2. The summed E-state index contributed by atoms with van der Waals surface area (Å²) < 4.78 is 10.7. The summed E-state index contributed by atoms with van der Waals surface area (Å²) in [5, 5.41) is 7.29. The molecule has 1 aromatic carbocycles. The molecule has 2 fully saturated rings. The number of hydrogen-bond acceptors (Lipinski definition) is 7. The number of benzene rings is 1. The van der Waals surface area contributed by atoms with Gasteiger partial charge in [-0.2, -0.15) is 4.98 Å². The summed E-state index contributed by atoms with van der Waals surface area (Å²) in [7, 11) is 1.64. The number of ether oxygens (including phenoxy) is 1. The van der Waals surface area contributed by atoms with Gasteiger partial charge >= 0.3 is 6.01 Å². The molecule has 0 radical (unpaired) electrons. The van der Waals surface area contributed by atoms with Gasteiger partial charge < -0.3 is 24.4 Å². The number of rotatable bonds is 8. The molecular weight excluding hydrogens is 418 g/mol. The summed E-state index contributed by atoms with van der Waals surface area (Å²) in [4.78, 5) is 21.9. The van der Waals surface area contributed by atoms with Crippen molar-refractivity contribution in [2.75, 3.05) is 51.3 Å². The highest BCUT2D eigenvalue weighted by Crippen LogP contribution is 2.26. The van der Waals surface area contributed by atoms with Crippen LogP contribution in [0.3, 0.4) is 0 Å². The van der Waals surface area contributed by atoms with Crippen molar-refractivity contribution >= 4 is 11.9 Å². The lowest BCUT2D eigenvalue weighted by atomic mass is 9.92. The van der Waals surface area contributed by atoms with Gasteiger partial charge in [0.25, 0.3) is 0 Å². The first-order chi connectivity index (χ1) is 16.0. The van der Waals surface area contributed by atoms with Crippen LogP contribution in [0.1, 0.15) is 39.5 Å². The number of nitrogens with zero attached hydrogens (tertiary/aromatic N) is 4. The first kappa shape index (κ1) is 23.5. The van der Waals surface area contributed by atoms with Crippen LogP contribution in [0.5, 0.6) is 5.75 Å². The van der Waals surface area contributed by atoms with Crippen molar-refractivity contribution in [2.24, 2.45) is 17.8 Å². The monoisotopic (exact) mass is 455 g/mol. The lowest BCUT2D eigenvalue weighted by Gasteiger charge is -2.35. The number of carbonyl (C=O) groups excluding carboxylic acids is 1. The summed E-state index contributed by atoms with van der Waals surface area (Å²) in [6.45, 7) is 10.2. The van der Waals surface area contributed by atoms with Gasteiger partial charge in [0, 0.05) is 38.3 Å². The minimum absolute atomic E-state index is 0.0508. The van der Waals surface area contributed by atoms with Crippen molar-refractivity contribution in [3.05, 3.63) is 24.3 Å². The molecule has 2 aliphatic rings. The van der Waals surface area contributed by atoms with Gasteiger partial charge in [-0.1, -0.05) is 19.0 Å². The van der Waals surface area contributed by atoms with Gasteiger partial charge in [0.2, 0.25) is 11.7 Å². The van der Waals surface area contributed by atoms with Crippen LogP contribution in [0, 0.1) is 17.8 Å². The number of carbonyl (C=O) groups is 1. The third kappa shape index (κ3) is 6.25. The van der Waals surface area contributed by atoms with Crippen LogP contribution in [-0.4, -0.2) is 67.3 Å². The molecule has 0 unspecified atom stereocenters. The molecule has 3 heterocycles. The molecule has 0 bridgehead atoms. The largest absolute Gasteiger partial charge is 0.497 e. The van der Waals surface area contributed by atoms with E-state index in [0.717, 1.165) is 62.0 Å². The van der Waals surface area contributed by atoms with E-state index in [1.807, 2.05) is 29.2 Å². The van der Waals surface area contributed by atoms with Crippen molar-refractivity contribution in [2.45, 2.75) is 39.5 Å². The first-order valence-electron chi connectivity index (χ1n) is 12.2. The molecule has 3 atom stereocenters. The second-order valence-corrected chi connectivity index (χ2v) is 9.76. The molecule has 8 heteroatoms. The highest BCUT2D eigenvalue weighted by Gasteiger charge is 2.28. The Kier molecular flexibility index (Phi) is 7.85. The van der Waals surface area contributed by atoms with Crippen molar-refractivity contribution in [3.8, 4) is 17.1 Å². The van der Waals surface area contributed by atoms with Gasteiger partial charge in [0.1, 0.15) is 5.75 Å². The summed E-state index contributed by atoms with van der Waals surface area (Å²) in [5.74, 6) is 2.95. The lowest BCUT2D eigenvalue weighted by molar-refractivity contribution is -0.125. The van der Waals surface area contributed by atoms with E-state index in [2.05, 4.69) is 34.2 Å². The van der Waals surface area contributed by atoms with Crippen LogP contribution >= 0.6 is 0 Å². The minimum atomic E-state index is -0.0508. The highest BCUT2D eigenvalue weighted by molar-refractivity contribution is 5.79. The normalized spacial score (nSPS) is 24.0. The van der Waals surface area contributed by atoms with Gasteiger partial charge in [-0.15, -0.1) is 0 Å². The fourth-order valence-electron chi connectivity index (χ4n) is 5.20. The van der Waals surface area contributed by atoms with Gasteiger partial charge in [0.05, 0.1) is 13.0 Å². The van der Waals surface area contributed by atoms with Gasteiger partial charge in [-0.05, 0) is 68.3 Å². The van der Waals surface area contributed by atoms with E-state index in [9.17, 15) is 4.79 Å². The summed E-state index contributed by atoms with van der Waals surface area (Å²) in [6, 6.07) is 8.04. The van der Waals surface area contributed by atoms with Crippen LogP contribution in [0.2, 0.25) is 0 Å². The van der Waals surface area contributed by atoms with Gasteiger partial charge in [-0.25, -0.2) is 0 Å². The molecule has 0 spiro atoms. The number of methoxy groups -OCH3 is 1. The van der Waals surface area contributed by atoms with Crippen molar-refractivity contribution < 1.29 is 14.1 Å². The quantitative estimate of drug-likeness (QED) is 0.611. The van der Waals surface area contributed by atoms with E-state index >= 15 is 0 Å². The molecule has 1 amide bonds. The zero-order valence-electron chi connectivity index (χ0n) is 20.1. The number of piperidine rings is 2. The number of aromatic nitrogens is 2. The fourth-order valence-corrected chi connectivity index (χ4v) is 5.20. The fraction of sp³-hybridized carbons (Fsp3) is 0.640. The Balaban J connectivity index is 1.24. The maximum atomic E-state index is 12.8. The van der Waals surface area contributed by atoms with Crippen LogP contribution < -0.4 is 15.0 Å². The minimum Gasteiger partial charge on any atom is -0.497 e. The molecule has 8 nitrogen and oxygen atoms in total. The van der Waals surface area contributed by atoms with Crippen molar-refractivity contribution in [3.63, 3.8) is 0 Å². The summed E-state index contributed by atoms with van der Waals surface area (Å²) in [5.41, 5.74) is 0.870. The molecule has 0 aliphatic carbocycles. The Morgan fingerprint density at radius 1 is 1.18 bits per heavy atom. The van der Waals surface area contributed by atoms with E-state index in [1.165, 1.54) is 19.5 Å². The second kappa shape index (κ2) is 11.0. The predicted octanol–water partition coefficient (Wildman–Crippen LogP) is 3.45. The maximum absolute atomic E-state index is 12.8. The Bertz CT molecular complexity index is 890. The molecule has 180 valence electrons. The predicted molar refractivity (Wildman–Crippen MR) is 128 cm³/mol. The Morgan fingerprint density at radius 3 is 2.67 bits per heavy atom. The number of likely N-dealkylation sites (tertiary alicyclic amines) is 1. The van der Waals surface area contributed by atoms with Crippen LogP contribution in [0.15, 0.2) is 28.8 Å². The SMILES string of the molecule is COc1ccc(-c2noc(N3CCC[C@H](C(=O)NCCCN4C[C@H](C)C[C@H](C)C4)C3)n2)cc1. The Hall–Kier alpha value is -2.61. The van der Waals surface area contributed by atoms with Crippen LogP contribution in [0.4, 0.5) is 6.01 Å². The third-order valence-corrected chi connectivity index (χ3v) is 6.72. The van der Waals surface area contributed by atoms with Crippen LogP contribution in [0.25, 0.3) is 11.4 Å². The Morgan fingerprint density at radius 2 is 1.94 bits per heavy atom. The highest BCUT2D eigenvalue weighted by atomic mass is 16.5. The average molecular weight is 456 g/mol. The van der Waals surface area contributed by atoms with Gasteiger partial charge in [0.15, 0.2) is 0 Å². The number of hydrogen-bond donors (Lipinski definition) is 1. The second-order valence-electron chi connectivity index (χ2n) is 9.76. The van der Waals surface area contributed by atoms with E-state index in [0.29, 0.717) is 18.4 Å². The van der Waals surface area contributed by atoms with Crippen LogP contribution in [-0.2, 0) is 4.79 Å². The number of nitrogens with one attached hydrogen (secondary N) is 1.